The van der Waals surface area contributed by atoms with Gasteiger partial charge in [0, 0.05) is 63.5 Å². The summed E-state index contributed by atoms with van der Waals surface area (Å²) in [5.74, 6) is -9.34. The second kappa shape index (κ2) is 46.4. The monoisotopic (exact) mass is 1820 g/mol. The van der Waals surface area contributed by atoms with Crippen LogP contribution in [0.2, 0.25) is 0 Å². The molecule has 1 aliphatic heterocycles. The van der Waals surface area contributed by atoms with Gasteiger partial charge < -0.3 is 76.8 Å². The molecule has 0 bridgehead atoms. The summed E-state index contributed by atoms with van der Waals surface area (Å²) >= 11 is 0. The number of aryl methyl sites for hydroxylation is 1. The number of hydrogen-bond acceptors (Lipinski definition) is 17. The molecule has 30 nitrogen and oxygen atoms in total. The minimum Gasteiger partial charge on any atom is -0.467 e. The third-order valence-electron chi connectivity index (χ3n) is 24.8. The molecule has 11 rings (SSSR count). The fraction of sp³-hybridized carbons (Fsp3) is 0.476. The predicted octanol–water partition coefficient (Wildman–Crippen LogP) is 11.3. The first-order chi connectivity index (χ1) is 63.5. The zero-order valence-electron chi connectivity index (χ0n) is 78.6. The maximum atomic E-state index is 16.2. The van der Waals surface area contributed by atoms with Crippen LogP contribution in [0.15, 0.2) is 195 Å². The normalized spacial score (nSPS) is 16.4. The van der Waals surface area contributed by atoms with Crippen LogP contribution in [-0.2, 0) is 105 Å². The average molecular weight is 1820 g/mol. The molecule has 3 aliphatic rings. The molecule has 0 spiro atoms. The minimum absolute atomic E-state index is 0.0257. The molecule has 2 saturated carbocycles. The van der Waals surface area contributed by atoms with Crippen LogP contribution >= 0.6 is 0 Å². The highest BCUT2D eigenvalue weighted by atomic mass is 16.6. The van der Waals surface area contributed by atoms with Crippen LogP contribution in [0.5, 0.6) is 0 Å². The largest absolute Gasteiger partial charge is 0.467 e. The Hall–Kier alpha value is -13.0. The smallest absolute Gasteiger partial charge is 0.419 e. The number of benzene rings is 6. The Labute approximate surface area is 779 Å². The molecule has 9 atom stereocenters. The number of rotatable bonds is 38. The summed E-state index contributed by atoms with van der Waals surface area (Å²) in [5.41, 5.74) is -0.0710. The van der Waals surface area contributed by atoms with E-state index in [0.29, 0.717) is 88.5 Å². The van der Waals surface area contributed by atoms with E-state index in [1.54, 1.807) is 165 Å². The zero-order valence-corrected chi connectivity index (χ0v) is 78.6. The van der Waals surface area contributed by atoms with Crippen molar-refractivity contribution in [2.75, 3.05) is 13.7 Å². The first kappa shape index (κ1) is 101. The number of imidazole rings is 1. The number of piperidine rings is 1. The molecule has 0 radical (unpaired) electrons. The minimum atomic E-state index is -1.77. The van der Waals surface area contributed by atoms with E-state index >= 15 is 43.2 Å². The Balaban J connectivity index is 0.889. The van der Waals surface area contributed by atoms with E-state index in [2.05, 4.69) is 58.2 Å². The van der Waals surface area contributed by atoms with Gasteiger partial charge in [-0.1, -0.05) is 235 Å². The molecule has 3 fully saturated rings. The van der Waals surface area contributed by atoms with Crippen LogP contribution in [0.3, 0.4) is 0 Å². The molecule has 710 valence electrons. The van der Waals surface area contributed by atoms with Crippen LogP contribution in [0.25, 0.3) is 10.9 Å². The van der Waals surface area contributed by atoms with Crippen LogP contribution in [0.4, 0.5) is 9.59 Å². The van der Waals surface area contributed by atoms with Crippen LogP contribution in [-0.4, -0.2) is 181 Å². The summed E-state index contributed by atoms with van der Waals surface area (Å²) in [7, 11) is 2.95. The van der Waals surface area contributed by atoms with Crippen LogP contribution < -0.4 is 53.2 Å². The standard InChI is InChI=1S/C103H132N14O16/c1-66(2)86(93(124)107-79(89(120)109-82(96(127)131-12)60-69-42-24-15-25-43-69)61-71-63-117(99(130)133-101(6,7)8)83-53-35-34-52-76(71)83)111-90(121)78(58-67-38-20-13-21-39-67)106-92(123)84-54-36-37-57-116(84)95(126)81(59-68-40-22-14-23-41-68)108-88(119)77(55-56-85(118)113-103(72-46-28-17-29-47-72,73-48-30-18-31-49-73)74-50-32-19-33-51-74)105-94(125)87(70-44-26-16-27-45-70)112-97(128)102(9,10)114-91(122)80(62-75-64-115(11)65-104-75)110-98(129)132-100(3,4)5/h14-15,17-19,22-25,28-35,40-43,46-53,63-67,70,77-82,84,86-87H,13,16,20-21,26-27,36-39,44-45,54-62H2,1-12H3,(H,105,125)(H,106,123)(H,107,124)(H,108,119)(H,109,120)(H,110,129)(H,111,121)(H,112,128)(H,113,118)(H,114,122)/t77-,78-,79-,80-,81+,82-,84+,86-,87-/m0/s1. The number of fused-ring (bicyclic) bond motifs is 1. The zero-order chi connectivity index (χ0) is 95.7. The highest BCUT2D eigenvalue weighted by molar-refractivity contribution is 6.01. The average Bonchev–Trinajstić information content (AvgIpc) is 1.49. The lowest BCUT2D eigenvalue weighted by atomic mass is 9.77. The quantitative estimate of drug-likeness (QED) is 0.00976. The van der Waals surface area contributed by atoms with Crippen molar-refractivity contribution >= 4 is 88.1 Å². The van der Waals surface area contributed by atoms with Crippen LogP contribution in [0.1, 0.15) is 211 Å². The summed E-state index contributed by atoms with van der Waals surface area (Å²) in [6.07, 6.45) is 10.6. The van der Waals surface area contributed by atoms with E-state index in [1.807, 2.05) is 97.1 Å². The molecule has 0 unspecified atom stereocenters. The number of likely N-dealkylation sites (tertiary alicyclic amines) is 1. The second-order valence-electron chi connectivity index (χ2n) is 38.3. The Morgan fingerprint density at radius 2 is 0.970 bits per heavy atom. The lowest BCUT2D eigenvalue weighted by Gasteiger charge is -2.38. The molecule has 8 aromatic rings. The number of methoxy groups -OCH3 is 1. The van der Waals surface area contributed by atoms with Crippen molar-refractivity contribution in [1.82, 2.24) is 72.2 Å². The van der Waals surface area contributed by atoms with Crippen LogP contribution in [0, 0.1) is 17.8 Å². The van der Waals surface area contributed by atoms with E-state index < -0.39 is 172 Å². The van der Waals surface area contributed by atoms with Crippen molar-refractivity contribution in [3.63, 3.8) is 0 Å². The van der Waals surface area contributed by atoms with Gasteiger partial charge in [-0.15, -0.1) is 0 Å². The topological polar surface area (TPSA) is 396 Å². The molecule has 10 N–H and O–H groups in total. The Morgan fingerprint density at radius 1 is 0.466 bits per heavy atom. The van der Waals surface area contributed by atoms with Crippen molar-refractivity contribution in [3.05, 3.63) is 234 Å². The van der Waals surface area contributed by atoms with E-state index in [-0.39, 0.29) is 57.4 Å². The van der Waals surface area contributed by atoms with Crippen molar-refractivity contribution in [2.45, 2.75) is 274 Å². The number of nitrogens with zero attached hydrogens (tertiary/aromatic N) is 4. The third kappa shape index (κ3) is 28.0. The lowest BCUT2D eigenvalue weighted by molar-refractivity contribution is -0.146. The van der Waals surface area contributed by atoms with Crippen molar-refractivity contribution in [3.8, 4) is 0 Å². The summed E-state index contributed by atoms with van der Waals surface area (Å²) in [6.45, 7) is 16.6. The maximum Gasteiger partial charge on any atom is 0.419 e. The van der Waals surface area contributed by atoms with E-state index in [4.69, 9.17) is 14.2 Å². The molecular weight excluding hydrogens is 1690 g/mol. The summed E-state index contributed by atoms with van der Waals surface area (Å²) < 4.78 is 19.6. The number of aromatic nitrogens is 3. The predicted molar refractivity (Wildman–Crippen MR) is 504 cm³/mol. The maximum absolute atomic E-state index is 16.2. The number of hydrogen-bond donors (Lipinski definition) is 10. The number of carbonyl (C=O) groups is 13. The highest BCUT2D eigenvalue weighted by Crippen LogP contribution is 2.38. The van der Waals surface area contributed by atoms with Gasteiger partial charge in [-0.3, -0.25) is 52.5 Å². The lowest BCUT2D eigenvalue weighted by Crippen LogP contribution is -2.64. The van der Waals surface area contributed by atoms with Crippen molar-refractivity contribution in [2.24, 2.45) is 24.8 Å². The van der Waals surface area contributed by atoms with Gasteiger partial charge in [0.25, 0.3) is 0 Å². The summed E-state index contributed by atoms with van der Waals surface area (Å²) in [4.78, 5) is 201. The van der Waals surface area contributed by atoms with Gasteiger partial charge in [0.2, 0.25) is 59.1 Å². The molecule has 30 heteroatoms. The fourth-order valence-corrected chi connectivity index (χ4v) is 18.0. The number of alkyl carbamates (subject to hydrolysis) is 1. The molecular formula is C103H132N14O16. The molecule has 1 saturated heterocycles. The van der Waals surface area contributed by atoms with E-state index in [0.717, 1.165) is 38.5 Å². The second-order valence-corrected chi connectivity index (χ2v) is 38.3. The van der Waals surface area contributed by atoms with Gasteiger partial charge in [-0.2, -0.15) is 0 Å². The number of carbonyl (C=O) groups excluding carboxylic acids is 13. The van der Waals surface area contributed by atoms with E-state index in [1.165, 1.54) is 30.4 Å². The first-order valence-electron chi connectivity index (χ1n) is 46.6. The molecule has 2 aromatic heterocycles. The highest BCUT2D eigenvalue weighted by Gasteiger charge is 2.45. The van der Waals surface area contributed by atoms with Gasteiger partial charge in [0.05, 0.1) is 24.6 Å². The molecule has 6 aromatic carbocycles. The molecule has 133 heavy (non-hydrogen) atoms. The Bertz CT molecular complexity index is 5220. The number of ether oxygens (including phenoxy) is 3. The van der Waals surface area contributed by atoms with Gasteiger partial charge in [-0.05, 0) is 158 Å². The molecule has 3 heterocycles. The fourth-order valence-electron chi connectivity index (χ4n) is 18.0. The summed E-state index contributed by atoms with van der Waals surface area (Å²) in [6, 6.07) is 40.9. The number of esters is 1. The van der Waals surface area contributed by atoms with Gasteiger partial charge in [0.1, 0.15) is 76.7 Å². The van der Waals surface area contributed by atoms with Gasteiger partial charge >= 0.3 is 18.2 Å². The van der Waals surface area contributed by atoms with E-state index in [9.17, 15) is 19.2 Å². The third-order valence-corrected chi connectivity index (χ3v) is 24.8. The molecule has 11 amide bonds. The first-order valence-corrected chi connectivity index (χ1v) is 46.6. The number of amides is 11. The summed E-state index contributed by atoms with van der Waals surface area (Å²) in [5, 5.41) is 30.1. The Kier molecular flexibility index (Phi) is 35.1. The Morgan fingerprint density at radius 3 is 1.53 bits per heavy atom. The van der Waals surface area contributed by atoms with Crippen molar-refractivity contribution in [1.29, 1.82) is 0 Å². The van der Waals surface area contributed by atoms with Gasteiger partial charge in [0.15, 0.2) is 0 Å². The number of nitrogens with one attached hydrogen (secondary N) is 10. The number of para-hydroxylation sites is 1. The molecule has 2 aliphatic carbocycles. The SMILES string of the molecule is COC(=O)[C@H](Cc1ccccc1)NC(=O)[C@H](Cc1cn(C(=O)OC(C)(C)C)c2ccccc12)NC(=O)[C@@H](NC(=O)[C@H](CC1CCCCC1)NC(=O)[C@H]1CCCCN1C(=O)[C@@H](Cc1ccccc1)NC(=O)[C@H](CCC(=O)NC(c1ccccc1)(c1ccccc1)c1ccccc1)NC(=O)[C@@H](NC(=O)C(C)(C)NC(=O)[C@H](Cc1cn(C)cn1)NC(=O)OC(C)(C)C)C1CCCCC1)C(C)C. The van der Waals surface area contributed by atoms with Gasteiger partial charge in [-0.25, -0.2) is 19.4 Å². The van der Waals surface area contributed by atoms with Crippen molar-refractivity contribution < 1.29 is 76.5 Å².